The van der Waals surface area contributed by atoms with Crippen LogP contribution in [-0.2, 0) is 9.59 Å². The third-order valence-corrected chi connectivity index (χ3v) is 4.39. The maximum atomic E-state index is 13.7. The molecule has 2 rings (SSSR count). The van der Waals surface area contributed by atoms with Gasteiger partial charge in [0.05, 0.1) is 13.1 Å². The van der Waals surface area contributed by atoms with Gasteiger partial charge < -0.3 is 16.0 Å². The molecule has 2 aromatic rings. The Labute approximate surface area is 163 Å². The van der Waals surface area contributed by atoms with Crippen LogP contribution in [0.4, 0.5) is 14.5 Å². The number of amides is 2. The first-order valence-electron chi connectivity index (χ1n) is 9.00. The Morgan fingerprint density at radius 3 is 2.21 bits per heavy atom. The SMILES string of the molecule is Cc1cc(C)c(NC(=O)CNC(=O)CN[C@@H](C)c2ccc(F)cc2F)c(C)c1. The van der Waals surface area contributed by atoms with Crippen LogP contribution >= 0.6 is 0 Å². The molecule has 0 fully saturated rings. The highest BCUT2D eigenvalue weighted by Crippen LogP contribution is 2.21. The maximum Gasteiger partial charge on any atom is 0.243 e. The van der Waals surface area contributed by atoms with Crippen molar-refractivity contribution in [3.63, 3.8) is 0 Å². The number of aryl methyl sites for hydroxylation is 3. The zero-order valence-electron chi connectivity index (χ0n) is 16.5. The summed E-state index contributed by atoms with van der Waals surface area (Å²) in [6, 6.07) is 6.75. The molecule has 0 heterocycles. The topological polar surface area (TPSA) is 70.2 Å². The molecule has 0 aromatic heterocycles. The summed E-state index contributed by atoms with van der Waals surface area (Å²) in [6.45, 7) is 7.19. The second-order valence-electron chi connectivity index (χ2n) is 6.87. The van der Waals surface area contributed by atoms with Gasteiger partial charge in [0.2, 0.25) is 11.8 Å². The van der Waals surface area contributed by atoms with Crippen molar-refractivity contribution in [3.05, 3.63) is 64.2 Å². The lowest BCUT2D eigenvalue weighted by molar-refractivity contribution is -0.123. The molecule has 2 amide bonds. The number of hydrogen-bond donors (Lipinski definition) is 3. The predicted molar refractivity (Wildman–Crippen MR) is 105 cm³/mol. The third kappa shape index (κ3) is 5.85. The maximum absolute atomic E-state index is 13.7. The summed E-state index contributed by atoms with van der Waals surface area (Å²) >= 11 is 0. The molecule has 0 radical (unpaired) electrons. The van der Waals surface area contributed by atoms with Gasteiger partial charge in [-0.2, -0.15) is 0 Å². The van der Waals surface area contributed by atoms with Crippen molar-refractivity contribution < 1.29 is 18.4 Å². The van der Waals surface area contributed by atoms with Gasteiger partial charge in [-0.15, -0.1) is 0 Å². The van der Waals surface area contributed by atoms with E-state index < -0.39 is 23.6 Å². The summed E-state index contributed by atoms with van der Waals surface area (Å²) in [5.74, 6) is -2.07. The minimum atomic E-state index is -0.677. The Balaban J connectivity index is 1.81. The molecule has 150 valence electrons. The molecule has 0 aliphatic heterocycles. The van der Waals surface area contributed by atoms with Crippen LogP contribution in [0.15, 0.2) is 30.3 Å². The number of benzene rings is 2. The summed E-state index contributed by atoms with van der Waals surface area (Å²) < 4.78 is 26.7. The summed E-state index contributed by atoms with van der Waals surface area (Å²) in [5, 5.41) is 8.17. The quantitative estimate of drug-likeness (QED) is 0.681. The van der Waals surface area contributed by atoms with E-state index in [1.807, 2.05) is 32.9 Å². The average molecular weight is 389 g/mol. The van der Waals surface area contributed by atoms with E-state index in [0.717, 1.165) is 34.5 Å². The fraction of sp³-hybridized carbons (Fsp3) is 0.333. The Hall–Kier alpha value is -2.80. The molecule has 0 bridgehead atoms. The van der Waals surface area contributed by atoms with Crippen LogP contribution < -0.4 is 16.0 Å². The van der Waals surface area contributed by atoms with Crippen molar-refractivity contribution in [2.24, 2.45) is 0 Å². The lowest BCUT2D eigenvalue weighted by Crippen LogP contribution is -2.39. The summed E-state index contributed by atoms with van der Waals surface area (Å²) in [4.78, 5) is 24.1. The Kier molecular flexibility index (Phi) is 7.23. The third-order valence-electron chi connectivity index (χ3n) is 4.39. The normalized spacial score (nSPS) is 11.8. The first-order valence-corrected chi connectivity index (χ1v) is 9.00. The number of nitrogens with one attached hydrogen (secondary N) is 3. The minimum Gasteiger partial charge on any atom is -0.346 e. The van der Waals surface area contributed by atoms with Crippen LogP contribution in [0.1, 0.15) is 35.2 Å². The van der Waals surface area contributed by atoms with E-state index in [9.17, 15) is 18.4 Å². The molecule has 28 heavy (non-hydrogen) atoms. The van der Waals surface area contributed by atoms with Gasteiger partial charge in [0, 0.05) is 23.4 Å². The van der Waals surface area contributed by atoms with Crippen molar-refractivity contribution in [3.8, 4) is 0 Å². The van der Waals surface area contributed by atoms with E-state index >= 15 is 0 Å². The van der Waals surface area contributed by atoms with Gasteiger partial charge in [0.15, 0.2) is 0 Å². The molecule has 7 heteroatoms. The first-order chi connectivity index (χ1) is 13.2. The van der Waals surface area contributed by atoms with Crippen LogP contribution in [-0.4, -0.2) is 24.9 Å². The molecule has 0 saturated carbocycles. The Bertz CT molecular complexity index is 861. The fourth-order valence-corrected chi connectivity index (χ4v) is 3.01. The minimum absolute atomic E-state index is 0.103. The van der Waals surface area contributed by atoms with Crippen LogP contribution in [0.2, 0.25) is 0 Å². The van der Waals surface area contributed by atoms with Gasteiger partial charge in [-0.05, 0) is 44.9 Å². The van der Waals surface area contributed by atoms with Crippen LogP contribution in [0.3, 0.4) is 0 Å². The molecule has 0 aliphatic rings. The molecule has 3 N–H and O–H groups in total. The van der Waals surface area contributed by atoms with E-state index in [0.29, 0.717) is 0 Å². The van der Waals surface area contributed by atoms with Gasteiger partial charge in [0.1, 0.15) is 11.6 Å². The second kappa shape index (κ2) is 9.41. The summed E-state index contributed by atoms with van der Waals surface area (Å²) in [7, 11) is 0. The highest BCUT2D eigenvalue weighted by atomic mass is 19.1. The number of hydrogen-bond acceptors (Lipinski definition) is 3. The number of anilines is 1. The zero-order valence-corrected chi connectivity index (χ0v) is 16.5. The van der Waals surface area contributed by atoms with E-state index in [4.69, 9.17) is 0 Å². The van der Waals surface area contributed by atoms with Gasteiger partial charge in [0.25, 0.3) is 0 Å². The fourth-order valence-electron chi connectivity index (χ4n) is 3.01. The second-order valence-corrected chi connectivity index (χ2v) is 6.87. The van der Waals surface area contributed by atoms with Gasteiger partial charge in [-0.1, -0.05) is 23.8 Å². The lowest BCUT2D eigenvalue weighted by atomic mass is 10.1. The van der Waals surface area contributed by atoms with Gasteiger partial charge >= 0.3 is 0 Å². The van der Waals surface area contributed by atoms with Crippen LogP contribution in [0.5, 0.6) is 0 Å². The predicted octanol–water partition coefficient (Wildman–Crippen LogP) is 3.30. The zero-order chi connectivity index (χ0) is 20.8. The number of halogens is 2. The number of carbonyl (C=O) groups is 2. The van der Waals surface area contributed by atoms with E-state index in [1.54, 1.807) is 6.92 Å². The number of carbonyl (C=O) groups excluding carboxylic acids is 2. The molecular weight excluding hydrogens is 364 g/mol. The van der Waals surface area contributed by atoms with Crippen molar-refractivity contribution in [1.29, 1.82) is 0 Å². The van der Waals surface area contributed by atoms with Crippen LogP contribution in [0.25, 0.3) is 0 Å². The van der Waals surface area contributed by atoms with Crippen molar-refractivity contribution in [2.45, 2.75) is 33.7 Å². The highest BCUT2D eigenvalue weighted by Gasteiger charge is 2.14. The van der Waals surface area contributed by atoms with E-state index in [1.165, 1.54) is 6.07 Å². The van der Waals surface area contributed by atoms with Crippen molar-refractivity contribution in [2.75, 3.05) is 18.4 Å². The highest BCUT2D eigenvalue weighted by molar-refractivity contribution is 5.96. The summed E-state index contributed by atoms with van der Waals surface area (Å²) in [5.41, 5.74) is 4.02. The standard InChI is InChI=1S/C21H25F2N3O2/c1-12-7-13(2)21(14(3)8-12)26-20(28)11-25-19(27)10-24-15(4)17-6-5-16(22)9-18(17)23/h5-9,15,24H,10-11H2,1-4H3,(H,25,27)(H,26,28)/t15-/m0/s1. The molecule has 5 nitrogen and oxygen atoms in total. The van der Waals surface area contributed by atoms with Crippen molar-refractivity contribution >= 4 is 17.5 Å². The Morgan fingerprint density at radius 1 is 0.964 bits per heavy atom. The summed E-state index contributed by atoms with van der Waals surface area (Å²) in [6.07, 6.45) is 0. The largest absolute Gasteiger partial charge is 0.346 e. The van der Waals surface area contributed by atoms with Crippen LogP contribution in [0, 0.1) is 32.4 Å². The molecule has 0 unspecified atom stereocenters. The molecule has 0 aliphatic carbocycles. The number of rotatable bonds is 7. The lowest BCUT2D eigenvalue weighted by Gasteiger charge is -2.15. The molecule has 1 atom stereocenters. The Morgan fingerprint density at radius 2 is 1.61 bits per heavy atom. The van der Waals surface area contributed by atoms with E-state index in [-0.39, 0.29) is 24.6 Å². The smallest absolute Gasteiger partial charge is 0.243 e. The first kappa shape index (κ1) is 21.5. The molecule has 0 saturated heterocycles. The monoisotopic (exact) mass is 389 g/mol. The molecule has 0 spiro atoms. The van der Waals surface area contributed by atoms with Gasteiger partial charge in [-0.25, -0.2) is 8.78 Å². The average Bonchev–Trinajstić information content (AvgIpc) is 2.61. The van der Waals surface area contributed by atoms with Gasteiger partial charge in [-0.3, -0.25) is 9.59 Å². The van der Waals surface area contributed by atoms with E-state index in [2.05, 4.69) is 16.0 Å². The molecular formula is C21H25F2N3O2. The van der Waals surface area contributed by atoms with Crippen molar-refractivity contribution in [1.82, 2.24) is 10.6 Å². The molecule has 2 aromatic carbocycles.